The summed E-state index contributed by atoms with van der Waals surface area (Å²) in [4.78, 5) is 4.35. The number of aliphatic imine (C=N–C) groups is 1. The van der Waals surface area contributed by atoms with Gasteiger partial charge in [0.25, 0.3) is 0 Å². The molecule has 1 aliphatic carbocycles. The number of halogens is 1. The lowest BCUT2D eigenvalue weighted by Crippen LogP contribution is -2.69. The molecule has 0 amide bonds. The predicted octanol–water partition coefficient (Wildman–Crippen LogP) is 3.58. The molecule has 0 heterocycles. The van der Waals surface area contributed by atoms with Crippen molar-refractivity contribution in [2.75, 3.05) is 27.9 Å². The summed E-state index contributed by atoms with van der Waals surface area (Å²) in [5.41, 5.74) is 1.03. The molecular weight excluding hydrogens is 457 g/mol. The van der Waals surface area contributed by atoms with Crippen molar-refractivity contribution < 1.29 is 14.2 Å². The number of hydrogen-bond acceptors (Lipinski definition) is 4. The number of benzene rings is 1. The van der Waals surface area contributed by atoms with Crippen molar-refractivity contribution in [3.63, 3.8) is 0 Å². The number of guanidine groups is 1. The lowest BCUT2D eigenvalue weighted by molar-refractivity contribution is -0.176. The van der Waals surface area contributed by atoms with Crippen LogP contribution in [0.1, 0.15) is 39.7 Å². The van der Waals surface area contributed by atoms with Gasteiger partial charge in [-0.1, -0.05) is 19.9 Å². The van der Waals surface area contributed by atoms with Crippen molar-refractivity contribution in [2.24, 2.45) is 10.4 Å². The zero-order valence-electron chi connectivity index (χ0n) is 17.5. The predicted molar refractivity (Wildman–Crippen MR) is 121 cm³/mol. The highest BCUT2D eigenvalue weighted by Gasteiger charge is 2.58. The highest BCUT2D eigenvalue weighted by molar-refractivity contribution is 14.0. The molecular formula is C20H34IN3O3. The minimum atomic E-state index is -0.105. The molecule has 154 valence electrons. The summed E-state index contributed by atoms with van der Waals surface area (Å²) in [6.07, 6.45) is 0.953. The maximum Gasteiger partial charge on any atom is 0.191 e. The first-order valence-corrected chi connectivity index (χ1v) is 9.13. The van der Waals surface area contributed by atoms with Crippen molar-refractivity contribution in [1.82, 2.24) is 10.6 Å². The molecule has 0 spiro atoms. The summed E-state index contributed by atoms with van der Waals surface area (Å²) >= 11 is 0. The average molecular weight is 491 g/mol. The molecule has 1 aromatic rings. The molecule has 0 aliphatic heterocycles. The topological polar surface area (TPSA) is 64.1 Å². The number of hydrogen-bond donors (Lipinski definition) is 2. The van der Waals surface area contributed by atoms with Gasteiger partial charge in [0.1, 0.15) is 0 Å². The molecule has 1 saturated carbocycles. The first-order chi connectivity index (χ1) is 12.3. The normalized spacial score (nSPS) is 23.7. The summed E-state index contributed by atoms with van der Waals surface area (Å²) < 4.78 is 16.7. The third-order valence-electron chi connectivity index (χ3n) is 5.80. The third kappa shape index (κ3) is 4.99. The van der Waals surface area contributed by atoms with Crippen LogP contribution >= 0.6 is 24.0 Å². The minimum Gasteiger partial charge on any atom is -0.493 e. The van der Waals surface area contributed by atoms with Crippen LogP contribution in [0.25, 0.3) is 0 Å². The molecule has 2 atom stereocenters. The van der Waals surface area contributed by atoms with Crippen molar-refractivity contribution in [2.45, 2.75) is 52.3 Å². The maximum atomic E-state index is 5.70. The summed E-state index contributed by atoms with van der Waals surface area (Å²) in [6.45, 7) is 9.83. The van der Waals surface area contributed by atoms with E-state index in [9.17, 15) is 0 Å². The van der Waals surface area contributed by atoms with E-state index in [4.69, 9.17) is 14.2 Å². The molecule has 2 rings (SSSR count). The zero-order valence-corrected chi connectivity index (χ0v) is 19.8. The Hall–Kier alpha value is -1.22. The van der Waals surface area contributed by atoms with Crippen LogP contribution in [0, 0.1) is 5.41 Å². The number of nitrogens with zero attached hydrogens (tertiary/aromatic N) is 1. The first kappa shape index (κ1) is 23.8. The van der Waals surface area contributed by atoms with Gasteiger partial charge < -0.3 is 24.8 Å². The number of nitrogens with one attached hydrogen (secondary N) is 2. The molecule has 0 saturated heterocycles. The molecule has 2 unspecified atom stereocenters. The monoisotopic (exact) mass is 491 g/mol. The van der Waals surface area contributed by atoms with E-state index >= 15 is 0 Å². The van der Waals surface area contributed by atoms with E-state index in [0.717, 1.165) is 29.4 Å². The molecule has 6 nitrogen and oxygen atoms in total. The van der Waals surface area contributed by atoms with E-state index < -0.39 is 0 Å². The minimum absolute atomic E-state index is 0. The Labute approximate surface area is 180 Å². The van der Waals surface area contributed by atoms with E-state index in [0.29, 0.717) is 19.2 Å². The third-order valence-corrected chi connectivity index (χ3v) is 5.80. The summed E-state index contributed by atoms with van der Waals surface area (Å²) in [7, 11) is 5.22. The summed E-state index contributed by atoms with van der Waals surface area (Å²) in [5, 5.41) is 6.89. The van der Waals surface area contributed by atoms with Crippen LogP contribution in [-0.2, 0) is 11.3 Å². The average Bonchev–Trinajstić information content (AvgIpc) is 2.64. The second-order valence-corrected chi connectivity index (χ2v) is 7.40. The molecule has 1 aliphatic rings. The zero-order chi connectivity index (χ0) is 19.4. The van der Waals surface area contributed by atoms with Crippen LogP contribution in [0.5, 0.6) is 11.5 Å². The van der Waals surface area contributed by atoms with Gasteiger partial charge in [-0.2, -0.15) is 0 Å². The highest BCUT2D eigenvalue weighted by atomic mass is 127. The highest BCUT2D eigenvalue weighted by Crippen LogP contribution is 2.51. The van der Waals surface area contributed by atoms with Crippen molar-refractivity contribution >= 4 is 29.9 Å². The molecule has 1 fully saturated rings. The Morgan fingerprint density at radius 3 is 2.44 bits per heavy atom. The first-order valence-electron chi connectivity index (χ1n) is 9.13. The van der Waals surface area contributed by atoms with E-state index in [2.05, 4.69) is 36.4 Å². The second kappa shape index (κ2) is 9.82. The van der Waals surface area contributed by atoms with E-state index in [-0.39, 0.29) is 35.0 Å². The van der Waals surface area contributed by atoms with Gasteiger partial charge in [0, 0.05) is 32.2 Å². The number of methoxy groups -OCH3 is 2. The Balaban J connectivity index is 0.00000364. The van der Waals surface area contributed by atoms with E-state index in [1.807, 2.05) is 25.1 Å². The van der Waals surface area contributed by atoms with Crippen LogP contribution in [0.2, 0.25) is 0 Å². The molecule has 0 aromatic heterocycles. The largest absolute Gasteiger partial charge is 0.493 e. The number of rotatable bonds is 7. The SMILES string of the molecule is CCOc1cc(CNC(=NC)NC2CC(C)(OC)C2(C)C)ccc1OC.I. The van der Waals surface area contributed by atoms with Crippen LogP contribution in [-0.4, -0.2) is 45.5 Å². The molecule has 0 bridgehead atoms. The van der Waals surface area contributed by atoms with Crippen LogP contribution in [0.4, 0.5) is 0 Å². The standard InChI is InChI=1S/C20H33N3O3.HI/c1-8-26-16-11-14(9-10-15(16)24-6)13-22-18(21-5)23-17-12-20(4,25-7)19(17,2)3;/h9-11,17H,8,12-13H2,1-7H3,(H2,21,22,23);1H. The van der Waals surface area contributed by atoms with Gasteiger partial charge >= 0.3 is 0 Å². The van der Waals surface area contributed by atoms with E-state index in [1.54, 1.807) is 21.3 Å². The van der Waals surface area contributed by atoms with Gasteiger partial charge in [-0.3, -0.25) is 4.99 Å². The Morgan fingerprint density at radius 1 is 1.22 bits per heavy atom. The van der Waals surface area contributed by atoms with Crippen LogP contribution in [0.15, 0.2) is 23.2 Å². The fourth-order valence-electron chi connectivity index (χ4n) is 3.37. The lowest BCUT2D eigenvalue weighted by Gasteiger charge is -2.59. The van der Waals surface area contributed by atoms with Gasteiger partial charge in [-0.05, 0) is 38.0 Å². The maximum absolute atomic E-state index is 5.70. The Kier molecular flexibility index (Phi) is 8.66. The smallest absolute Gasteiger partial charge is 0.191 e. The fourth-order valence-corrected chi connectivity index (χ4v) is 3.37. The second-order valence-electron chi connectivity index (χ2n) is 7.40. The van der Waals surface area contributed by atoms with Crippen molar-refractivity contribution in [1.29, 1.82) is 0 Å². The quantitative estimate of drug-likeness (QED) is 0.347. The van der Waals surface area contributed by atoms with E-state index in [1.165, 1.54) is 0 Å². The lowest BCUT2D eigenvalue weighted by atomic mass is 9.56. The number of ether oxygens (including phenoxy) is 3. The van der Waals surface area contributed by atoms with Crippen LogP contribution < -0.4 is 20.1 Å². The Bertz CT molecular complexity index is 651. The Morgan fingerprint density at radius 2 is 1.93 bits per heavy atom. The van der Waals surface area contributed by atoms with Gasteiger partial charge in [0.2, 0.25) is 0 Å². The van der Waals surface area contributed by atoms with Crippen LogP contribution in [0.3, 0.4) is 0 Å². The van der Waals surface area contributed by atoms with Gasteiger partial charge in [0.05, 0.1) is 19.3 Å². The fraction of sp³-hybridized carbons (Fsp3) is 0.650. The molecule has 1 aromatic carbocycles. The van der Waals surface area contributed by atoms with Crippen molar-refractivity contribution in [3.8, 4) is 11.5 Å². The van der Waals surface area contributed by atoms with Gasteiger partial charge in [-0.25, -0.2) is 0 Å². The van der Waals surface area contributed by atoms with Crippen molar-refractivity contribution in [3.05, 3.63) is 23.8 Å². The van der Waals surface area contributed by atoms with Gasteiger partial charge in [0.15, 0.2) is 17.5 Å². The molecule has 0 radical (unpaired) electrons. The molecule has 7 heteroatoms. The molecule has 27 heavy (non-hydrogen) atoms. The molecule has 2 N–H and O–H groups in total. The van der Waals surface area contributed by atoms with Gasteiger partial charge in [-0.15, -0.1) is 24.0 Å². The summed E-state index contributed by atoms with van der Waals surface area (Å²) in [6, 6.07) is 6.26. The summed E-state index contributed by atoms with van der Waals surface area (Å²) in [5.74, 6) is 2.29.